The molecule has 0 aliphatic carbocycles. The number of guanidine groups is 1. The van der Waals surface area contributed by atoms with Gasteiger partial charge in [-0.1, -0.05) is 12.1 Å². The van der Waals surface area contributed by atoms with E-state index in [-0.39, 0.29) is 30.1 Å². The average molecular weight is 504 g/mol. The smallest absolute Gasteiger partial charge is 0.191 e. The molecule has 0 aromatic heterocycles. The Balaban J connectivity index is 0.00000392. The topological polar surface area (TPSA) is 58.1 Å². The van der Waals surface area contributed by atoms with Crippen molar-refractivity contribution >= 4 is 29.9 Å². The van der Waals surface area contributed by atoms with Gasteiger partial charge in [-0.3, -0.25) is 4.99 Å². The van der Waals surface area contributed by atoms with Gasteiger partial charge < -0.3 is 25.0 Å². The van der Waals surface area contributed by atoms with Crippen molar-refractivity contribution in [2.75, 3.05) is 46.9 Å². The Morgan fingerprint density at radius 1 is 1.32 bits per heavy atom. The first-order valence-corrected chi connectivity index (χ1v) is 10.0. The molecule has 1 aromatic carbocycles. The Bertz CT molecular complexity index is 577. The second-order valence-electron chi connectivity index (χ2n) is 7.30. The van der Waals surface area contributed by atoms with Crippen LogP contribution >= 0.6 is 24.0 Å². The molecule has 1 heterocycles. The molecular formula is C21H37IN4O2. The summed E-state index contributed by atoms with van der Waals surface area (Å²) in [6.45, 7) is 9.09. The predicted octanol–water partition coefficient (Wildman–Crippen LogP) is 3.05. The van der Waals surface area contributed by atoms with Gasteiger partial charge in [-0.15, -0.1) is 24.0 Å². The summed E-state index contributed by atoms with van der Waals surface area (Å²) in [5.74, 6) is 1.76. The van der Waals surface area contributed by atoms with Crippen LogP contribution in [0.4, 0.5) is 0 Å². The summed E-state index contributed by atoms with van der Waals surface area (Å²) in [6.07, 6.45) is 3.45. The van der Waals surface area contributed by atoms with Crippen molar-refractivity contribution in [3.05, 3.63) is 29.8 Å². The van der Waals surface area contributed by atoms with E-state index < -0.39 is 0 Å². The Labute approximate surface area is 187 Å². The summed E-state index contributed by atoms with van der Waals surface area (Å²) in [7, 11) is 3.59. The highest BCUT2D eigenvalue weighted by Crippen LogP contribution is 2.14. The van der Waals surface area contributed by atoms with Crippen LogP contribution in [0.2, 0.25) is 0 Å². The predicted molar refractivity (Wildman–Crippen MR) is 127 cm³/mol. The zero-order chi connectivity index (χ0) is 19.5. The maximum Gasteiger partial charge on any atom is 0.191 e. The fourth-order valence-electron chi connectivity index (χ4n) is 3.32. The van der Waals surface area contributed by atoms with Gasteiger partial charge in [-0.05, 0) is 50.8 Å². The lowest BCUT2D eigenvalue weighted by Crippen LogP contribution is -2.50. The maximum absolute atomic E-state index is 5.98. The molecule has 1 fully saturated rings. The third-order valence-corrected chi connectivity index (χ3v) is 4.86. The van der Waals surface area contributed by atoms with Crippen LogP contribution in [-0.2, 0) is 4.74 Å². The van der Waals surface area contributed by atoms with E-state index in [9.17, 15) is 0 Å². The minimum atomic E-state index is 0. The van der Waals surface area contributed by atoms with Gasteiger partial charge in [0.2, 0.25) is 0 Å². The van der Waals surface area contributed by atoms with E-state index in [0.717, 1.165) is 57.2 Å². The van der Waals surface area contributed by atoms with E-state index in [4.69, 9.17) is 9.47 Å². The molecule has 1 aliphatic rings. The van der Waals surface area contributed by atoms with Crippen LogP contribution < -0.4 is 15.4 Å². The monoisotopic (exact) mass is 504 g/mol. The summed E-state index contributed by atoms with van der Waals surface area (Å²) in [5.41, 5.74) is 1.21. The number of nitrogens with one attached hydrogen (secondary N) is 2. The summed E-state index contributed by atoms with van der Waals surface area (Å²) < 4.78 is 11.1. The second-order valence-corrected chi connectivity index (χ2v) is 7.30. The largest absolute Gasteiger partial charge is 0.489 e. The lowest BCUT2D eigenvalue weighted by Gasteiger charge is -2.33. The molecule has 0 radical (unpaired) electrons. The lowest BCUT2D eigenvalue weighted by atomic mass is 10.1. The molecule has 1 unspecified atom stereocenters. The molecule has 0 amide bonds. The van der Waals surface area contributed by atoms with Crippen molar-refractivity contribution in [1.82, 2.24) is 15.5 Å². The van der Waals surface area contributed by atoms with Crippen molar-refractivity contribution < 1.29 is 9.47 Å². The number of nitrogens with zero attached hydrogens (tertiary/aromatic N) is 2. The minimum absolute atomic E-state index is 0. The van der Waals surface area contributed by atoms with Crippen molar-refractivity contribution in [1.29, 1.82) is 0 Å². The summed E-state index contributed by atoms with van der Waals surface area (Å²) in [4.78, 5) is 6.88. The molecule has 6 nitrogen and oxygen atoms in total. The highest BCUT2D eigenvalue weighted by molar-refractivity contribution is 14.0. The highest BCUT2D eigenvalue weighted by Gasteiger charge is 2.19. The molecule has 1 saturated heterocycles. The average Bonchev–Trinajstić information content (AvgIpc) is 2.66. The SMILES string of the molecule is CN=C(NCC(C)Oc1cccc(C)c1)NC1CCN(CCCOC)CC1.I. The van der Waals surface area contributed by atoms with E-state index in [1.807, 2.05) is 19.2 Å². The van der Waals surface area contributed by atoms with Gasteiger partial charge in [-0.25, -0.2) is 0 Å². The lowest BCUT2D eigenvalue weighted by molar-refractivity contribution is 0.155. The van der Waals surface area contributed by atoms with Crippen LogP contribution in [0, 0.1) is 6.92 Å². The molecule has 1 aromatic rings. The Morgan fingerprint density at radius 2 is 2.07 bits per heavy atom. The van der Waals surface area contributed by atoms with Gasteiger partial charge >= 0.3 is 0 Å². The number of rotatable bonds is 9. The number of hydrogen-bond acceptors (Lipinski definition) is 4. The van der Waals surface area contributed by atoms with Gasteiger partial charge in [0, 0.05) is 46.4 Å². The number of halogens is 1. The number of hydrogen-bond donors (Lipinski definition) is 2. The third-order valence-electron chi connectivity index (χ3n) is 4.86. The first-order valence-electron chi connectivity index (χ1n) is 10.0. The second kappa shape index (κ2) is 14.0. The Kier molecular flexibility index (Phi) is 12.5. The van der Waals surface area contributed by atoms with Crippen LogP contribution in [0.15, 0.2) is 29.3 Å². The van der Waals surface area contributed by atoms with E-state index in [1.54, 1.807) is 7.11 Å². The van der Waals surface area contributed by atoms with Crippen LogP contribution in [0.1, 0.15) is 31.7 Å². The number of benzene rings is 1. The standard InChI is InChI=1S/C21H36N4O2.HI/c1-17-7-5-8-20(15-17)27-18(2)16-23-21(22-3)24-19-9-12-25(13-10-19)11-6-14-26-4;/h5,7-8,15,18-19H,6,9-14,16H2,1-4H3,(H2,22,23,24);1H. The Hall–Kier alpha value is -1.06. The van der Waals surface area contributed by atoms with Gasteiger partial charge in [0.05, 0.1) is 6.54 Å². The van der Waals surface area contributed by atoms with Crippen LogP contribution in [-0.4, -0.2) is 69.9 Å². The van der Waals surface area contributed by atoms with E-state index in [0.29, 0.717) is 12.6 Å². The molecule has 1 atom stereocenters. The number of aryl methyl sites for hydroxylation is 1. The first kappa shape index (κ1) is 25.0. The molecule has 2 rings (SSSR count). The van der Waals surface area contributed by atoms with Crippen LogP contribution in [0.5, 0.6) is 5.75 Å². The molecule has 2 N–H and O–H groups in total. The van der Waals surface area contributed by atoms with Gasteiger partial charge in [0.15, 0.2) is 5.96 Å². The molecule has 0 spiro atoms. The van der Waals surface area contributed by atoms with Gasteiger partial charge in [0.25, 0.3) is 0 Å². The molecule has 7 heteroatoms. The number of methoxy groups -OCH3 is 1. The van der Waals surface area contributed by atoms with Crippen molar-refractivity contribution in [2.45, 2.75) is 45.3 Å². The maximum atomic E-state index is 5.98. The van der Waals surface area contributed by atoms with Gasteiger partial charge in [0.1, 0.15) is 11.9 Å². The number of piperidine rings is 1. The van der Waals surface area contributed by atoms with E-state index >= 15 is 0 Å². The van der Waals surface area contributed by atoms with E-state index in [1.165, 1.54) is 5.56 Å². The minimum Gasteiger partial charge on any atom is -0.489 e. The number of ether oxygens (including phenoxy) is 2. The first-order chi connectivity index (χ1) is 13.1. The van der Waals surface area contributed by atoms with E-state index in [2.05, 4.69) is 46.5 Å². The van der Waals surface area contributed by atoms with Crippen molar-refractivity contribution in [3.8, 4) is 5.75 Å². The molecule has 0 bridgehead atoms. The number of aliphatic imine (C=N–C) groups is 1. The fourth-order valence-corrected chi connectivity index (χ4v) is 3.32. The van der Waals surface area contributed by atoms with Gasteiger partial charge in [-0.2, -0.15) is 0 Å². The zero-order valence-electron chi connectivity index (χ0n) is 17.7. The molecular weight excluding hydrogens is 467 g/mol. The third kappa shape index (κ3) is 9.43. The normalized spacial score (nSPS) is 16.9. The Morgan fingerprint density at radius 3 is 2.71 bits per heavy atom. The van der Waals surface area contributed by atoms with Crippen LogP contribution in [0.25, 0.3) is 0 Å². The highest BCUT2D eigenvalue weighted by atomic mass is 127. The number of likely N-dealkylation sites (tertiary alicyclic amines) is 1. The summed E-state index contributed by atoms with van der Waals surface area (Å²) in [6, 6.07) is 8.63. The molecule has 0 saturated carbocycles. The summed E-state index contributed by atoms with van der Waals surface area (Å²) >= 11 is 0. The molecule has 28 heavy (non-hydrogen) atoms. The quantitative estimate of drug-likeness (QED) is 0.234. The van der Waals surface area contributed by atoms with Crippen molar-refractivity contribution in [2.24, 2.45) is 4.99 Å². The molecule has 1 aliphatic heterocycles. The van der Waals surface area contributed by atoms with Crippen LogP contribution in [0.3, 0.4) is 0 Å². The van der Waals surface area contributed by atoms with Crippen molar-refractivity contribution in [3.63, 3.8) is 0 Å². The fraction of sp³-hybridized carbons (Fsp3) is 0.667. The molecule has 160 valence electrons. The summed E-state index contributed by atoms with van der Waals surface area (Å²) in [5, 5.41) is 6.94. The zero-order valence-corrected chi connectivity index (χ0v) is 20.1.